The van der Waals surface area contributed by atoms with Crippen LogP contribution in [0.25, 0.3) is 0 Å². The van der Waals surface area contributed by atoms with E-state index in [9.17, 15) is 18.0 Å². The van der Waals surface area contributed by atoms with Crippen LogP contribution < -0.4 is 9.64 Å². The van der Waals surface area contributed by atoms with Gasteiger partial charge in [-0.15, -0.1) is 10.2 Å². The molecule has 8 heteroatoms. The number of alkyl halides is 3. The number of fused-ring (bicyclic) bond motifs is 1. The van der Waals surface area contributed by atoms with Gasteiger partial charge in [0.05, 0.1) is 12.7 Å². The second-order valence-electron chi connectivity index (χ2n) is 5.32. The Kier molecular flexibility index (Phi) is 4.13. The van der Waals surface area contributed by atoms with E-state index in [-0.39, 0.29) is 29.2 Å². The zero-order valence-electron chi connectivity index (χ0n) is 12.8. The van der Waals surface area contributed by atoms with Crippen LogP contribution in [0.4, 0.5) is 18.9 Å². The number of halogens is 3. The summed E-state index contributed by atoms with van der Waals surface area (Å²) in [5.74, 6) is -0.227. The van der Waals surface area contributed by atoms with Crippen molar-refractivity contribution in [2.24, 2.45) is 0 Å². The van der Waals surface area contributed by atoms with Crippen molar-refractivity contribution in [2.75, 3.05) is 18.6 Å². The standard InChI is InChI=1S/C16H14F3N3O2/c1-24-14-8-7-12(20-21-14)15(23)22-9-3-4-10-11(16(17,18)19)5-2-6-13(10)22/h2,5-8H,3-4,9H2,1H3. The van der Waals surface area contributed by atoms with Crippen LogP contribution in [0, 0.1) is 0 Å². The number of benzene rings is 1. The van der Waals surface area contributed by atoms with Gasteiger partial charge in [-0.2, -0.15) is 13.2 Å². The predicted octanol–water partition coefficient (Wildman–Crippen LogP) is 3.10. The first-order valence-electron chi connectivity index (χ1n) is 7.30. The smallest absolute Gasteiger partial charge is 0.416 e. The van der Waals surface area contributed by atoms with Gasteiger partial charge < -0.3 is 9.64 Å². The lowest BCUT2D eigenvalue weighted by Gasteiger charge is -2.31. The molecule has 2 aromatic rings. The summed E-state index contributed by atoms with van der Waals surface area (Å²) in [4.78, 5) is 13.9. The van der Waals surface area contributed by atoms with Crippen molar-refractivity contribution >= 4 is 11.6 Å². The maximum atomic E-state index is 13.2. The van der Waals surface area contributed by atoms with Crippen LogP contribution in [0.15, 0.2) is 30.3 Å². The summed E-state index contributed by atoms with van der Waals surface area (Å²) < 4.78 is 44.4. The van der Waals surface area contributed by atoms with Crippen LogP contribution in [0.2, 0.25) is 0 Å². The van der Waals surface area contributed by atoms with Crippen molar-refractivity contribution in [2.45, 2.75) is 19.0 Å². The number of hydrogen-bond acceptors (Lipinski definition) is 4. The fraction of sp³-hybridized carbons (Fsp3) is 0.312. The normalized spacial score (nSPS) is 14.2. The number of amides is 1. The summed E-state index contributed by atoms with van der Waals surface area (Å²) in [6.07, 6.45) is -3.71. The number of hydrogen-bond donors (Lipinski definition) is 0. The number of methoxy groups -OCH3 is 1. The maximum absolute atomic E-state index is 13.2. The first-order valence-corrected chi connectivity index (χ1v) is 7.30. The van der Waals surface area contributed by atoms with Gasteiger partial charge in [-0.3, -0.25) is 4.79 Å². The number of ether oxygens (including phenoxy) is 1. The SMILES string of the molecule is COc1ccc(C(=O)N2CCCc3c2cccc3C(F)(F)F)nn1. The van der Waals surface area contributed by atoms with Crippen molar-refractivity contribution in [3.63, 3.8) is 0 Å². The lowest BCUT2D eigenvalue weighted by atomic mass is 9.95. The molecule has 0 fully saturated rings. The highest BCUT2D eigenvalue weighted by molar-refractivity contribution is 6.05. The van der Waals surface area contributed by atoms with Gasteiger partial charge in [0.25, 0.3) is 5.91 Å². The van der Waals surface area contributed by atoms with E-state index in [1.807, 2.05) is 0 Å². The molecule has 0 atom stereocenters. The Balaban J connectivity index is 1.98. The highest BCUT2D eigenvalue weighted by Gasteiger charge is 2.36. The molecule has 0 N–H and O–H groups in total. The molecule has 0 aliphatic carbocycles. The monoisotopic (exact) mass is 337 g/mol. The van der Waals surface area contributed by atoms with Gasteiger partial charge in [-0.05, 0) is 36.6 Å². The van der Waals surface area contributed by atoms with Gasteiger partial charge in [0.1, 0.15) is 0 Å². The molecular formula is C16H14F3N3O2. The minimum atomic E-state index is -4.45. The zero-order valence-corrected chi connectivity index (χ0v) is 12.8. The topological polar surface area (TPSA) is 55.3 Å². The Morgan fingerprint density at radius 3 is 2.62 bits per heavy atom. The number of anilines is 1. The molecule has 0 saturated heterocycles. The molecule has 1 aromatic carbocycles. The summed E-state index contributed by atoms with van der Waals surface area (Å²) in [6, 6.07) is 6.80. The molecule has 1 aromatic heterocycles. The van der Waals surface area contributed by atoms with Crippen LogP contribution in [0.1, 0.15) is 28.0 Å². The largest absolute Gasteiger partial charge is 0.480 e. The van der Waals surface area contributed by atoms with Crippen molar-refractivity contribution in [1.82, 2.24) is 10.2 Å². The summed E-state index contributed by atoms with van der Waals surface area (Å²) >= 11 is 0. The zero-order chi connectivity index (χ0) is 17.3. The van der Waals surface area contributed by atoms with Crippen LogP contribution in [-0.2, 0) is 12.6 Å². The first kappa shape index (κ1) is 16.2. The van der Waals surface area contributed by atoms with Gasteiger partial charge in [-0.25, -0.2) is 0 Å². The Bertz CT molecular complexity index is 760. The molecule has 0 radical (unpaired) electrons. The Hall–Kier alpha value is -2.64. The quantitative estimate of drug-likeness (QED) is 0.845. The third-order valence-electron chi connectivity index (χ3n) is 3.87. The first-order chi connectivity index (χ1) is 11.4. The molecule has 0 bridgehead atoms. The van der Waals surface area contributed by atoms with Gasteiger partial charge >= 0.3 is 6.18 Å². The van der Waals surface area contributed by atoms with Crippen LogP contribution >= 0.6 is 0 Å². The highest BCUT2D eigenvalue weighted by atomic mass is 19.4. The average molecular weight is 337 g/mol. The number of aromatic nitrogens is 2. The molecule has 1 aliphatic heterocycles. The fourth-order valence-corrected chi connectivity index (χ4v) is 2.78. The third kappa shape index (κ3) is 2.91. The Morgan fingerprint density at radius 2 is 2.00 bits per heavy atom. The van der Waals surface area contributed by atoms with Gasteiger partial charge in [0.2, 0.25) is 5.88 Å². The van der Waals surface area contributed by atoms with Crippen molar-refractivity contribution in [3.05, 3.63) is 47.2 Å². The van der Waals surface area contributed by atoms with Crippen LogP contribution in [0.3, 0.4) is 0 Å². The Morgan fingerprint density at radius 1 is 1.21 bits per heavy atom. The van der Waals surface area contributed by atoms with E-state index in [0.29, 0.717) is 13.0 Å². The summed E-state index contributed by atoms with van der Waals surface area (Å²) in [6.45, 7) is 0.334. The highest BCUT2D eigenvalue weighted by Crippen LogP contribution is 2.39. The van der Waals surface area contributed by atoms with E-state index in [1.165, 1.54) is 36.3 Å². The Labute approximate surface area is 136 Å². The maximum Gasteiger partial charge on any atom is 0.416 e. The minimum absolute atomic E-state index is 0.0565. The van der Waals surface area contributed by atoms with Crippen molar-refractivity contribution in [1.29, 1.82) is 0 Å². The van der Waals surface area contributed by atoms with Gasteiger partial charge in [0, 0.05) is 18.3 Å². The minimum Gasteiger partial charge on any atom is -0.480 e. The number of carbonyl (C=O) groups is 1. The van der Waals surface area contributed by atoms with E-state index in [1.54, 1.807) is 0 Å². The van der Waals surface area contributed by atoms with E-state index in [4.69, 9.17) is 4.74 Å². The summed E-state index contributed by atoms with van der Waals surface area (Å²) in [5.41, 5.74) is -0.218. The van der Waals surface area contributed by atoms with Crippen molar-refractivity contribution < 1.29 is 22.7 Å². The molecule has 126 valence electrons. The number of rotatable bonds is 2. The molecule has 0 saturated carbocycles. The molecule has 1 amide bonds. The molecule has 0 spiro atoms. The summed E-state index contributed by atoms with van der Waals surface area (Å²) in [7, 11) is 1.42. The molecule has 0 unspecified atom stereocenters. The predicted molar refractivity (Wildman–Crippen MR) is 80.0 cm³/mol. The molecule has 24 heavy (non-hydrogen) atoms. The van der Waals surface area contributed by atoms with Gasteiger partial charge in [-0.1, -0.05) is 6.07 Å². The average Bonchev–Trinajstić information content (AvgIpc) is 2.59. The molecule has 3 rings (SSSR count). The van der Waals surface area contributed by atoms with E-state index in [2.05, 4.69) is 10.2 Å². The lowest BCUT2D eigenvalue weighted by molar-refractivity contribution is -0.138. The van der Waals surface area contributed by atoms with E-state index >= 15 is 0 Å². The number of nitrogens with zero attached hydrogens (tertiary/aromatic N) is 3. The molecular weight excluding hydrogens is 323 g/mol. The molecule has 2 heterocycles. The van der Waals surface area contributed by atoms with Crippen LogP contribution in [-0.4, -0.2) is 29.8 Å². The molecule has 1 aliphatic rings. The van der Waals surface area contributed by atoms with Crippen molar-refractivity contribution in [3.8, 4) is 5.88 Å². The van der Waals surface area contributed by atoms with Gasteiger partial charge in [0.15, 0.2) is 5.69 Å². The van der Waals surface area contributed by atoms with Crippen LogP contribution in [0.5, 0.6) is 5.88 Å². The summed E-state index contributed by atoms with van der Waals surface area (Å²) in [5, 5.41) is 7.51. The molecule has 5 nitrogen and oxygen atoms in total. The second-order valence-corrected chi connectivity index (χ2v) is 5.32. The van der Waals surface area contributed by atoms with E-state index < -0.39 is 17.6 Å². The lowest BCUT2D eigenvalue weighted by Crippen LogP contribution is -2.36. The fourth-order valence-electron chi connectivity index (χ4n) is 2.78. The second kappa shape index (κ2) is 6.10. The third-order valence-corrected chi connectivity index (χ3v) is 3.87. The number of carbonyl (C=O) groups excluding carboxylic acids is 1. The van der Waals surface area contributed by atoms with E-state index in [0.717, 1.165) is 6.07 Å².